The van der Waals surface area contributed by atoms with E-state index in [0.717, 1.165) is 11.4 Å². The molecule has 2 heterocycles. The Morgan fingerprint density at radius 2 is 2.05 bits per heavy atom. The molecule has 0 unspecified atom stereocenters. The number of aryl methyl sites for hydroxylation is 1. The molecule has 0 atom stereocenters. The molecule has 0 bridgehead atoms. The zero-order chi connectivity index (χ0) is 14.8. The highest BCUT2D eigenvalue weighted by molar-refractivity contribution is 7.07. The maximum atomic E-state index is 12.3. The number of hydrogen-bond donors (Lipinski definition) is 0. The van der Waals surface area contributed by atoms with E-state index in [4.69, 9.17) is 0 Å². The van der Waals surface area contributed by atoms with Crippen molar-refractivity contribution < 1.29 is 4.79 Å². The van der Waals surface area contributed by atoms with E-state index in [2.05, 4.69) is 10.1 Å². The van der Waals surface area contributed by atoms with Gasteiger partial charge >= 0.3 is 0 Å². The number of para-hydroxylation sites is 1. The number of carbonyl (C=O) groups excluding carboxylic acids is 1. The van der Waals surface area contributed by atoms with Crippen molar-refractivity contribution in [3.05, 3.63) is 64.2 Å². The Labute approximate surface area is 125 Å². The number of carbonyl (C=O) groups is 1. The van der Waals surface area contributed by atoms with Gasteiger partial charge in [-0.2, -0.15) is 10.1 Å². The lowest BCUT2D eigenvalue weighted by Crippen LogP contribution is -2.13. The highest BCUT2D eigenvalue weighted by atomic mass is 32.1. The Kier molecular flexibility index (Phi) is 3.53. The van der Waals surface area contributed by atoms with E-state index in [1.165, 1.54) is 11.3 Å². The third kappa shape index (κ3) is 2.57. The fraction of sp³-hybridized carbons (Fsp3) is 0.133. The number of benzene rings is 1. The minimum Gasteiger partial charge on any atom is -0.327 e. The predicted octanol–water partition coefficient (Wildman–Crippen LogP) is 2.32. The van der Waals surface area contributed by atoms with Crippen molar-refractivity contribution in [3.63, 3.8) is 0 Å². The highest BCUT2D eigenvalue weighted by Crippen LogP contribution is 2.14. The number of nitrogens with zero attached hydrogens (tertiary/aromatic N) is 4. The fourth-order valence-electron chi connectivity index (χ4n) is 2.03. The Morgan fingerprint density at radius 3 is 2.71 bits per heavy atom. The van der Waals surface area contributed by atoms with Crippen LogP contribution in [-0.2, 0) is 7.05 Å². The quantitative estimate of drug-likeness (QED) is 0.729. The molecule has 0 fully saturated rings. The van der Waals surface area contributed by atoms with Gasteiger partial charge in [-0.15, -0.1) is 11.3 Å². The molecule has 0 aliphatic carbocycles. The molecule has 0 radical (unpaired) electrons. The molecule has 0 aliphatic rings. The monoisotopic (exact) mass is 298 g/mol. The summed E-state index contributed by atoms with van der Waals surface area (Å²) in [6, 6.07) is 9.72. The molecule has 0 saturated carbocycles. The average molecular weight is 298 g/mol. The van der Waals surface area contributed by atoms with Crippen LogP contribution in [0.3, 0.4) is 0 Å². The Hall–Kier alpha value is -2.47. The van der Waals surface area contributed by atoms with Crippen molar-refractivity contribution >= 4 is 17.2 Å². The molecule has 5 nitrogen and oxygen atoms in total. The minimum absolute atomic E-state index is 0.271. The zero-order valence-corrected chi connectivity index (χ0v) is 12.5. The van der Waals surface area contributed by atoms with Crippen molar-refractivity contribution in [1.29, 1.82) is 0 Å². The third-order valence-corrected chi connectivity index (χ3v) is 4.05. The highest BCUT2D eigenvalue weighted by Gasteiger charge is 2.14. The second-order valence-corrected chi connectivity index (χ2v) is 5.48. The van der Waals surface area contributed by atoms with Gasteiger partial charge in [0.25, 0.3) is 5.91 Å². The van der Waals surface area contributed by atoms with Crippen LogP contribution in [0.5, 0.6) is 0 Å². The van der Waals surface area contributed by atoms with Gasteiger partial charge < -0.3 is 4.57 Å². The first-order chi connectivity index (χ1) is 10.2. The Bertz CT molecular complexity index is 842. The van der Waals surface area contributed by atoms with Gasteiger partial charge in [0.15, 0.2) is 4.80 Å². The molecule has 0 saturated heterocycles. The zero-order valence-electron chi connectivity index (χ0n) is 11.7. The Balaban J connectivity index is 2.00. The van der Waals surface area contributed by atoms with Crippen LogP contribution >= 0.6 is 11.3 Å². The van der Waals surface area contributed by atoms with Crippen molar-refractivity contribution in [3.8, 4) is 5.69 Å². The van der Waals surface area contributed by atoms with E-state index in [1.54, 1.807) is 10.9 Å². The maximum absolute atomic E-state index is 12.3. The number of hydrogen-bond acceptors (Lipinski definition) is 3. The summed E-state index contributed by atoms with van der Waals surface area (Å²) in [6.45, 7) is 1.87. The normalized spacial score (nSPS) is 11.8. The van der Waals surface area contributed by atoms with Gasteiger partial charge in [-0.1, -0.05) is 18.2 Å². The van der Waals surface area contributed by atoms with Gasteiger partial charge in [-0.05, 0) is 19.1 Å². The average Bonchev–Trinajstić information content (AvgIpc) is 3.06. The first kappa shape index (κ1) is 13.5. The van der Waals surface area contributed by atoms with Crippen LogP contribution in [-0.4, -0.2) is 20.3 Å². The summed E-state index contributed by atoms with van der Waals surface area (Å²) in [5, 5.41) is 6.19. The molecule has 0 aliphatic heterocycles. The first-order valence-electron chi connectivity index (χ1n) is 6.46. The van der Waals surface area contributed by atoms with Crippen LogP contribution < -0.4 is 4.80 Å². The molecule has 106 valence electrons. The molecule has 3 rings (SSSR count). The molecular weight excluding hydrogens is 284 g/mol. The predicted molar refractivity (Wildman–Crippen MR) is 81.5 cm³/mol. The van der Waals surface area contributed by atoms with E-state index < -0.39 is 0 Å². The maximum Gasteiger partial charge on any atom is 0.283 e. The summed E-state index contributed by atoms with van der Waals surface area (Å²) in [6.07, 6.45) is 3.44. The molecular formula is C15H14N4OS. The topological polar surface area (TPSA) is 52.2 Å². The van der Waals surface area contributed by atoms with Crippen molar-refractivity contribution in [1.82, 2.24) is 14.3 Å². The molecule has 3 aromatic rings. The Morgan fingerprint density at radius 1 is 1.29 bits per heavy atom. The summed E-state index contributed by atoms with van der Waals surface area (Å²) in [5.41, 5.74) is 2.23. The van der Waals surface area contributed by atoms with Crippen LogP contribution in [0.1, 0.15) is 16.1 Å². The van der Waals surface area contributed by atoms with Crippen LogP contribution in [0.25, 0.3) is 5.69 Å². The first-order valence-corrected chi connectivity index (χ1v) is 7.34. The van der Waals surface area contributed by atoms with Gasteiger partial charge in [0.1, 0.15) is 0 Å². The van der Waals surface area contributed by atoms with Gasteiger partial charge in [0.2, 0.25) is 0 Å². The summed E-state index contributed by atoms with van der Waals surface area (Å²) in [4.78, 5) is 17.1. The number of thiazole rings is 1. The lowest BCUT2D eigenvalue weighted by atomic mass is 10.2. The van der Waals surface area contributed by atoms with Crippen LogP contribution in [0, 0.1) is 6.92 Å². The third-order valence-electron chi connectivity index (χ3n) is 3.20. The number of amides is 1. The van der Waals surface area contributed by atoms with Crippen molar-refractivity contribution in [2.45, 2.75) is 6.92 Å². The summed E-state index contributed by atoms with van der Waals surface area (Å²) in [5.74, 6) is -0.271. The smallest absolute Gasteiger partial charge is 0.283 e. The van der Waals surface area contributed by atoms with E-state index in [1.807, 2.05) is 60.4 Å². The lowest BCUT2D eigenvalue weighted by molar-refractivity contribution is 0.0997. The molecule has 1 aromatic carbocycles. The largest absolute Gasteiger partial charge is 0.327 e. The molecule has 2 aromatic heterocycles. The second-order valence-electron chi connectivity index (χ2n) is 4.60. The van der Waals surface area contributed by atoms with Gasteiger partial charge in [0, 0.05) is 18.6 Å². The lowest BCUT2D eigenvalue weighted by Gasteiger charge is -2.03. The second kappa shape index (κ2) is 5.49. The van der Waals surface area contributed by atoms with Gasteiger partial charge in [-0.3, -0.25) is 4.79 Å². The molecule has 1 amide bonds. The van der Waals surface area contributed by atoms with Gasteiger partial charge in [0.05, 0.1) is 23.1 Å². The molecule has 6 heteroatoms. The van der Waals surface area contributed by atoms with E-state index in [0.29, 0.717) is 10.4 Å². The molecule has 0 N–H and O–H groups in total. The van der Waals surface area contributed by atoms with Crippen molar-refractivity contribution in [2.24, 2.45) is 12.0 Å². The SMILES string of the molecule is Cc1c(C(=O)N=c2sccn2C)cnn1-c1ccccc1. The standard InChI is InChI=1S/C15H14N4OS/c1-11-13(14(20)17-15-18(2)8-9-21-15)10-16-19(11)12-6-4-3-5-7-12/h3-10H,1-2H3. The summed E-state index contributed by atoms with van der Waals surface area (Å²) in [7, 11) is 1.86. The van der Waals surface area contributed by atoms with Crippen LogP contribution in [0.4, 0.5) is 0 Å². The fourth-order valence-corrected chi connectivity index (χ4v) is 2.76. The van der Waals surface area contributed by atoms with E-state index >= 15 is 0 Å². The van der Waals surface area contributed by atoms with E-state index in [9.17, 15) is 4.79 Å². The number of aromatic nitrogens is 3. The van der Waals surface area contributed by atoms with Crippen molar-refractivity contribution in [2.75, 3.05) is 0 Å². The van der Waals surface area contributed by atoms with E-state index in [-0.39, 0.29) is 5.91 Å². The molecule has 0 spiro atoms. The molecule has 21 heavy (non-hydrogen) atoms. The van der Waals surface area contributed by atoms with Crippen LogP contribution in [0.2, 0.25) is 0 Å². The minimum atomic E-state index is -0.271. The summed E-state index contributed by atoms with van der Waals surface area (Å²) >= 11 is 1.43. The van der Waals surface area contributed by atoms with Gasteiger partial charge in [-0.25, -0.2) is 4.68 Å². The number of rotatable bonds is 2. The summed E-state index contributed by atoms with van der Waals surface area (Å²) < 4.78 is 3.57. The van der Waals surface area contributed by atoms with Crippen LogP contribution in [0.15, 0.2) is 53.1 Å².